The number of rotatable bonds is 2. The third-order valence-electron chi connectivity index (χ3n) is 2.55. The van der Waals surface area contributed by atoms with Gasteiger partial charge in [0.2, 0.25) is 0 Å². The lowest BCUT2D eigenvalue weighted by Crippen LogP contribution is -1.93. The molecule has 1 heterocycles. The van der Waals surface area contributed by atoms with Gasteiger partial charge in [-0.1, -0.05) is 11.2 Å². The molecule has 1 aromatic heterocycles. The normalized spacial score (nSPS) is 10.5. The number of nitrogen functional groups attached to an aromatic ring is 1. The summed E-state index contributed by atoms with van der Waals surface area (Å²) in [5, 5.41) is 14.5. The fourth-order valence-electron chi connectivity index (χ4n) is 1.59. The first-order valence-electron chi connectivity index (χ1n) is 4.98. The van der Waals surface area contributed by atoms with E-state index in [9.17, 15) is 10.1 Å². The van der Waals surface area contributed by atoms with Crippen molar-refractivity contribution in [2.45, 2.75) is 13.8 Å². The topological polar surface area (TPSA) is 95.2 Å². The number of aryl methyl sites for hydroxylation is 1. The molecule has 0 saturated carbocycles. The minimum absolute atomic E-state index is 0.0187. The molecule has 0 amide bonds. The van der Waals surface area contributed by atoms with Crippen molar-refractivity contribution in [3.05, 3.63) is 39.4 Å². The standard InChI is InChI=1S/C11H11N3O3/c1-6-3-4-9(14(15)16)8(5-6)10-7(2)11(12)13-17-10/h3-5H,1-2H3,(H2,12,13). The van der Waals surface area contributed by atoms with Gasteiger partial charge in [-0.3, -0.25) is 10.1 Å². The molecule has 2 N–H and O–H groups in total. The van der Waals surface area contributed by atoms with E-state index in [2.05, 4.69) is 5.16 Å². The molecule has 0 fully saturated rings. The first kappa shape index (κ1) is 11.1. The van der Waals surface area contributed by atoms with Crippen LogP contribution in [0.25, 0.3) is 11.3 Å². The molecule has 1 aromatic carbocycles. The predicted octanol–water partition coefficient (Wildman–Crippen LogP) is 2.45. The molecule has 0 spiro atoms. The average Bonchev–Trinajstić information content (AvgIpc) is 2.59. The van der Waals surface area contributed by atoms with E-state index in [0.717, 1.165) is 5.56 Å². The lowest BCUT2D eigenvalue weighted by Gasteiger charge is -2.01. The molecule has 6 nitrogen and oxygen atoms in total. The Hall–Kier alpha value is -2.37. The van der Waals surface area contributed by atoms with Gasteiger partial charge < -0.3 is 10.3 Å². The Morgan fingerprint density at radius 1 is 1.41 bits per heavy atom. The highest BCUT2D eigenvalue weighted by molar-refractivity contribution is 5.74. The Morgan fingerprint density at radius 3 is 2.65 bits per heavy atom. The summed E-state index contributed by atoms with van der Waals surface area (Å²) >= 11 is 0. The maximum atomic E-state index is 10.9. The number of hydrogen-bond donors (Lipinski definition) is 1. The second-order valence-corrected chi connectivity index (χ2v) is 3.80. The van der Waals surface area contributed by atoms with E-state index in [1.807, 2.05) is 6.92 Å². The van der Waals surface area contributed by atoms with E-state index in [0.29, 0.717) is 16.9 Å². The molecule has 17 heavy (non-hydrogen) atoms. The van der Waals surface area contributed by atoms with Crippen LogP contribution in [-0.4, -0.2) is 10.1 Å². The smallest absolute Gasteiger partial charge is 0.280 e. The van der Waals surface area contributed by atoms with Gasteiger partial charge >= 0.3 is 0 Å². The van der Waals surface area contributed by atoms with E-state index < -0.39 is 4.92 Å². The summed E-state index contributed by atoms with van der Waals surface area (Å²) in [7, 11) is 0. The van der Waals surface area contributed by atoms with Crippen LogP contribution >= 0.6 is 0 Å². The van der Waals surface area contributed by atoms with Crippen molar-refractivity contribution in [2.75, 3.05) is 5.73 Å². The SMILES string of the molecule is Cc1ccc([N+](=O)[O-])c(-c2onc(N)c2C)c1. The second-order valence-electron chi connectivity index (χ2n) is 3.80. The predicted molar refractivity (Wildman–Crippen MR) is 62.5 cm³/mol. The van der Waals surface area contributed by atoms with Gasteiger partial charge in [0.05, 0.1) is 10.5 Å². The third-order valence-corrected chi connectivity index (χ3v) is 2.55. The van der Waals surface area contributed by atoms with Gasteiger partial charge in [-0.25, -0.2) is 0 Å². The number of nitrogens with zero attached hydrogens (tertiary/aromatic N) is 2. The van der Waals surface area contributed by atoms with Crippen molar-refractivity contribution in [1.29, 1.82) is 0 Å². The van der Waals surface area contributed by atoms with Gasteiger partial charge in [-0.05, 0) is 25.5 Å². The van der Waals surface area contributed by atoms with Crippen LogP contribution in [-0.2, 0) is 0 Å². The van der Waals surface area contributed by atoms with Crippen LogP contribution in [0.4, 0.5) is 11.5 Å². The summed E-state index contributed by atoms with van der Waals surface area (Å²) in [6, 6.07) is 4.81. The molecular formula is C11H11N3O3. The van der Waals surface area contributed by atoms with Crippen LogP contribution in [0.15, 0.2) is 22.7 Å². The molecule has 2 aromatic rings. The van der Waals surface area contributed by atoms with Crippen LogP contribution < -0.4 is 5.73 Å². The monoisotopic (exact) mass is 233 g/mol. The van der Waals surface area contributed by atoms with Gasteiger partial charge in [0.1, 0.15) is 0 Å². The first-order valence-corrected chi connectivity index (χ1v) is 4.98. The molecule has 0 aliphatic rings. The van der Waals surface area contributed by atoms with Gasteiger partial charge in [0, 0.05) is 11.6 Å². The highest BCUT2D eigenvalue weighted by Gasteiger charge is 2.21. The Bertz CT molecular complexity index is 590. The molecule has 0 aliphatic heterocycles. The van der Waals surface area contributed by atoms with Gasteiger partial charge in [0.15, 0.2) is 11.6 Å². The van der Waals surface area contributed by atoms with E-state index in [4.69, 9.17) is 10.3 Å². The van der Waals surface area contributed by atoms with Crippen LogP contribution in [0.3, 0.4) is 0 Å². The van der Waals surface area contributed by atoms with Crippen molar-refractivity contribution >= 4 is 11.5 Å². The van der Waals surface area contributed by atoms with E-state index in [1.54, 1.807) is 19.1 Å². The molecule has 0 saturated heterocycles. The molecule has 0 radical (unpaired) electrons. The Balaban J connectivity index is 2.69. The van der Waals surface area contributed by atoms with Crippen LogP contribution in [0.5, 0.6) is 0 Å². The van der Waals surface area contributed by atoms with Gasteiger partial charge in [-0.15, -0.1) is 0 Å². The maximum absolute atomic E-state index is 10.9. The Morgan fingerprint density at radius 2 is 2.12 bits per heavy atom. The molecule has 88 valence electrons. The lowest BCUT2D eigenvalue weighted by atomic mass is 10.0. The summed E-state index contributed by atoms with van der Waals surface area (Å²) in [5.74, 6) is 0.591. The van der Waals surface area contributed by atoms with Crippen molar-refractivity contribution in [3.63, 3.8) is 0 Å². The van der Waals surface area contributed by atoms with E-state index >= 15 is 0 Å². The number of aromatic nitrogens is 1. The molecule has 2 rings (SSSR count). The number of nitro groups is 1. The molecule has 0 atom stereocenters. The fourth-order valence-corrected chi connectivity index (χ4v) is 1.59. The first-order chi connectivity index (χ1) is 8.00. The minimum atomic E-state index is -0.451. The zero-order chi connectivity index (χ0) is 12.6. The van der Waals surface area contributed by atoms with E-state index in [-0.39, 0.29) is 11.5 Å². The van der Waals surface area contributed by atoms with Crippen molar-refractivity contribution in [3.8, 4) is 11.3 Å². The average molecular weight is 233 g/mol. The number of nitro benzene ring substituents is 1. The second kappa shape index (κ2) is 3.89. The maximum Gasteiger partial charge on any atom is 0.280 e. The van der Waals surface area contributed by atoms with Crippen molar-refractivity contribution in [1.82, 2.24) is 5.16 Å². The van der Waals surface area contributed by atoms with Crippen LogP contribution in [0.2, 0.25) is 0 Å². The molecule has 6 heteroatoms. The van der Waals surface area contributed by atoms with E-state index in [1.165, 1.54) is 6.07 Å². The fraction of sp³-hybridized carbons (Fsp3) is 0.182. The van der Waals surface area contributed by atoms with Crippen molar-refractivity contribution < 1.29 is 9.45 Å². The number of nitrogens with two attached hydrogens (primary N) is 1. The van der Waals surface area contributed by atoms with Crippen LogP contribution in [0.1, 0.15) is 11.1 Å². The molecule has 0 unspecified atom stereocenters. The Labute approximate surface area is 97.2 Å². The summed E-state index contributed by atoms with van der Waals surface area (Å²) in [5.41, 5.74) is 7.46. The Kier molecular flexibility index (Phi) is 2.55. The zero-order valence-electron chi connectivity index (χ0n) is 9.43. The molecular weight excluding hydrogens is 222 g/mol. The third kappa shape index (κ3) is 1.84. The van der Waals surface area contributed by atoms with Crippen molar-refractivity contribution in [2.24, 2.45) is 0 Å². The highest BCUT2D eigenvalue weighted by atomic mass is 16.6. The van der Waals surface area contributed by atoms with Crippen LogP contribution in [0, 0.1) is 24.0 Å². The lowest BCUT2D eigenvalue weighted by molar-refractivity contribution is -0.384. The largest absolute Gasteiger partial charge is 0.381 e. The van der Waals surface area contributed by atoms with Gasteiger partial charge in [0.25, 0.3) is 5.69 Å². The number of benzene rings is 1. The summed E-state index contributed by atoms with van der Waals surface area (Å²) in [6.45, 7) is 3.56. The number of anilines is 1. The number of hydrogen-bond acceptors (Lipinski definition) is 5. The summed E-state index contributed by atoms with van der Waals surface area (Å²) in [6.07, 6.45) is 0. The summed E-state index contributed by atoms with van der Waals surface area (Å²) < 4.78 is 5.05. The molecule has 0 aliphatic carbocycles. The highest BCUT2D eigenvalue weighted by Crippen LogP contribution is 2.34. The zero-order valence-corrected chi connectivity index (χ0v) is 9.43. The molecule has 0 bridgehead atoms. The minimum Gasteiger partial charge on any atom is -0.381 e. The quantitative estimate of drug-likeness (QED) is 0.634. The summed E-state index contributed by atoms with van der Waals surface area (Å²) in [4.78, 5) is 10.5. The van der Waals surface area contributed by atoms with Gasteiger partial charge in [-0.2, -0.15) is 0 Å².